The highest BCUT2D eigenvalue weighted by molar-refractivity contribution is 7.08. The zero-order valence-electron chi connectivity index (χ0n) is 23.4. The fourth-order valence-corrected chi connectivity index (χ4v) is 8.18. The van der Waals surface area contributed by atoms with E-state index in [1.165, 1.54) is 16.2 Å². The number of benzene rings is 1. The number of nitrogens with zero attached hydrogens (tertiary/aromatic N) is 2. The number of amides is 1. The van der Waals surface area contributed by atoms with Gasteiger partial charge in [0.25, 0.3) is 0 Å². The van der Waals surface area contributed by atoms with Crippen LogP contribution in [0.5, 0.6) is 5.75 Å². The van der Waals surface area contributed by atoms with Crippen LogP contribution in [-0.2, 0) is 36.9 Å². The molecular weight excluding hydrogens is 562 g/mol. The van der Waals surface area contributed by atoms with Crippen molar-refractivity contribution in [3.05, 3.63) is 39.6 Å². The van der Waals surface area contributed by atoms with E-state index < -0.39 is 64.4 Å². The molecule has 0 spiro atoms. The van der Waals surface area contributed by atoms with Gasteiger partial charge < -0.3 is 20.7 Å². The van der Waals surface area contributed by atoms with Gasteiger partial charge in [-0.2, -0.15) is 11.3 Å². The van der Waals surface area contributed by atoms with Crippen molar-refractivity contribution in [1.29, 1.82) is 0 Å². The van der Waals surface area contributed by atoms with Crippen molar-refractivity contribution in [3.63, 3.8) is 0 Å². The SMILES string of the molecule is CN(C)C1C(=O)C(C(N)=O)C(=O)C2(O)C(=O)C3C(=O)c4c(O)c(CN5CCOCC5)cc(-c5ccsc5)c4CC3CC12. The highest BCUT2D eigenvalue weighted by Gasteiger charge is 2.69. The number of hydrogen-bond acceptors (Lipinski definition) is 11. The van der Waals surface area contributed by atoms with E-state index in [2.05, 4.69) is 4.90 Å². The maximum atomic E-state index is 14.3. The summed E-state index contributed by atoms with van der Waals surface area (Å²) in [4.78, 5) is 71.0. The molecule has 4 aliphatic rings. The number of morpholine rings is 1. The van der Waals surface area contributed by atoms with Crippen LogP contribution in [0, 0.1) is 23.7 Å². The predicted molar refractivity (Wildman–Crippen MR) is 151 cm³/mol. The van der Waals surface area contributed by atoms with E-state index in [1.807, 2.05) is 22.9 Å². The van der Waals surface area contributed by atoms with Crippen LogP contribution in [0.1, 0.15) is 27.9 Å². The first-order valence-corrected chi connectivity index (χ1v) is 15.0. The number of thiophene rings is 1. The number of primary amides is 1. The van der Waals surface area contributed by atoms with E-state index in [9.17, 15) is 34.2 Å². The first-order valence-electron chi connectivity index (χ1n) is 14.0. The minimum Gasteiger partial charge on any atom is -0.507 e. The van der Waals surface area contributed by atoms with Crippen LogP contribution in [0.3, 0.4) is 0 Å². The normalized spacial score (nSPS) is 31.6. The molecule has 1 aromatic heterocycles. The minimum atomic E-state index is -2.74. The maximum absolute atomic E-state index is 14.3. The largest absolute Gasteiger partial charge is 0.507 e. The number of carbonyl (C=O) groups excluding carboxylic acids is 5. The number of ketones is 4. The van der Waals surface area contributed by atoms with Gasteiger partial charge in [-0.25, -0.2) is 0 Å². The molecule has 0 bridgehead atoms. The molecule has 2 aromatic rings. The first kappa shape index (κ1) is 28.8. The van der Waals surface area contributed by atoms with Gasteiger partial charge in [0, 0.05) is 31.1 Å². The molecule has 3 aliphatic carbocycles. The second-order valence-electron chi connectivity index (χ2n) is 12.0. The Morgan fingerprint density at radius 1 is 1.19 bits per heavy atom. The monoisotopic (exact) mass is 595 g/mol. The smallest absolute Gasteiger partial charge is 0.235 e. The molecule has 6 unspecified atom stereocenters. The number of carbonyl (C=O) groups is 5. The highest BCUT2D eigenvalue weighted by Crippen LogP contribution is 2.52. The van der Waals surface area contributed by atoms with Gasteiger partial charge in [-0.15, -0.1) is 0 Å². The summed E-state index contributed by atoms with van der Waals surface area (Å²) in [6.45, 7) is 2.79. The molecule has 1 aliphatic heterocycles. The second kappa shape index (κ2) is 10.5. The van der Waals surface area contributed by atoms with E-state index >= 15 is 0 Å². The third-order valence-electron chi connectivity index (χ3n) is 9.47. The number of phenolic OH excluding ortho intramolecular Hbond substituents is 1. The fourth-order valence-electron chi connectivity index (χ4n) is 7.52. The number of hydrogen-bond donors (Lipinski definition) is 3. The van der Waals surface area contributed by atoms with Gasteiger partial charge in [0.05, 0.1) is 30.7 Å². The molecule has 4 N–H and O–H groups in total. The molecule has 2 saturated carbocycles. The molecule has 42 heavy (non-hydrogen) atoms. The highest BCUT2D eigenvalue weighted by atomic mass is 32.1. The van der Waals surface area contributed by atoms with Crippen molar-refractivity contribution in [1.82, 2.24) is 9.80 Å². The summed E-state index contributed by atoms with van der Waals surface area (Å²) < 4.78 is 5.44. The van der Waals surface area contributed by atoms with Crippen molar-refractivity contribution in [2.24, 2.45) is 29.4 Å². The van der Waals surface area contributed by atoms with Gasteiger partial charge in [0.2, 0.25) is 5.91 Å². The van der Waals surface area contributed by atoms with Crippen molar-refractivity contribution >= 4 is 40.4 Å². The number of fused-ring (bicyclic) bond motifs is 3. The second-order valence-corrected chi connectivity index (χ2v) is 12.8. The number of rotatable bonds is 5. The standard InChI is InChI=1S/C30H33N3O8S/c1-32(2)23-19-11-15-9-18-17(14-3-8-42-13-14)10-16(12-33-4-6-41-7-5-33)24(34)21(18)25(35)20(15)27(37)30(19,40)28(38)22(26(23)36)29(31)39/h3,8,10,13,15,19-20,22-23,34,40H,4-7,9,11-12H2,1-2H3,(H2,31,39). The summed E-state index contributed by atoms with van der Waals surface area (Å²) in [7, 11) is 3.13. The van der Waals surface area contributed by atoms with Crippen LogP contribution in [-0.4, -0.2) is 101 Å². The molecule has 3 fully saturated rings. The summed E-state index contributed by atoms with van der Waals surface area (Å²) in [6.07, 6.45) is 0.242. The lowest BCUT2D eigenvalue weighted by atomic mass is 9.52. The number of nitrogens with two attached hydrogens (primary N) is 1. The quantitative estimate of drug-likeness (QED) is 0.412. The van der Waals surface area contributed by atoms with E-state index in [-0.39, 0.29) is 24.2 Å². The number of ether oxygens (including phenoxy) is 1. The van der Waals surface area contributed by atoms with Crippen LogP contribution in [0.2, 0.25) is 0 Å². The third kappa shape index (κ3) is 4.19. The zero-order valence-corrected chi connectivity index (χ0v) is 24.2. The van der Waals surface area contributed by atoms with Crippen molar-refractivity contribution in [2.45, 2.75) is 31.0 Å². The van der Waals surface area contributed by atoms with Crippen LogP contribution >= 0.6 is 11.3 Å². The van der Waals surface area contributed by atoms with Crippen molar-refractivity contribution < 1.29 is 38.9 Å². The molecule has 12 heteroatoms. The topological polar surface area (TPSA) is 168 Å². The van der Waals surface area contributed by atoms with Crippen molar-refractivity contribution in [3.8, 4) is 16.9 Å². The Bertz CT molecular complexity index is 1500. The Balaban J connectivity index is 1.48. The lowest BCUT2D eigenvalue weighted by molar-refractivity contribution is -0.181. The molecule has 11 nitrogen and oxygen atoms in total. The van der Waals surface area contributed by atoms with E-state index in [0.29, 0.717) is 44.0 Å². The first-order chi connectivity index (χ1) is 20.0. The average Bonchev–Trinajstić information content (AvgIpc) is 3.47. The fraction of sp³-hybridized carbons (Fsp3) is 0.500. The molecular formula is C30H33N3O8S. The van der Waals surface area contributed by atoms with E-state index in [0.717, 1.165) is 11.1 Å². The van der Waals surface area contributed by atoms with Crippen LogP contribution in [0.25, 0.3) is 11.1 Å². The molecule has 222 valence electrons. The molecule has 2 heterocycles. The van der Waals surface area contributed by atoms with Crippen LogP contribution in [0.4, 0.5) is 0 Å². The molecule has 0 radical (unpaired) electrons. The summed E-state index contributed by atoms with van der Waals surface area (Å²) in [5, 5.41) is 27.2. The van der Waals surface area contributed by atoms with Gasteiger partial charge >= 0.3 is 0 Å². The number of aromatic hydroxyl groups is 1. The molecule has 6 atom stereocenters. The van der Waals surface area contributed by atoms with E-state index in [4.69, 9.17) is 10.5 Å². The van der Waals surface area contributed by atoms with Gasteiger partial charge in [-0.05, 0) is 72.4 Å². The minimum absolute atomic E-state index is 0.0171. The number of Topliss-reactive ketones (excluding diaryl/α,β-unsaturated/α-hetero) is 4. The Kier molecular flexibility index (Phi) is 7.17. The summed E-state index contributed by atoms with van der Waals surface area (Å²) >= 11 is 1.50. The van der Waals surface area contributed by atoms with Gasteiger partial charge in [0.15, 0.2) is 34.7 Å². The maximum Gasteiger partial charge on any atom is 0.235 e. The number of likely N-dealkylation sites (N-methyl/N-ethyl adjacent to an activating group) is 1. The van der Waals surface area contributed by atoms with Crippen LogP contribution in [0.15, 0.2) is 22.9 Å². The molecule has 1 saturated heterocycles. The Morgan fingerprint density at radius 2 is 1.90 bits per heavy atom. The number of phenols is 1. The summed E-state index contributed by atoms with van der Waals surface area (Å²) in [6, 6.07) is 2.70. The lowest BCUT2D eigenvalue weighted by Crippen LogP contribution is -2.74. The molecule has 6 rings (SSSR count). The average molecular weight is 596 g/mol. The molecule has 1 amide bonds. The predicted octanol–water partition coefficient (Wildman–Crippen LogP) is 0.428. The van der Waals surface area contributed by atoms with Gasteiger partial charge in [0.1, 0.15) is 5.75 Å². The summed E-state index contributed by atoms with van der Waals surface area (Å²) in [5.41, 5.74) is 5.47. The Hall–Kier alpha value is -3.29. The van der Waals surface area contributed by atoms with Crippen molar-refractivity contribution in [2.75, 3.05) is 40.4 Å². The Morgan fingerprint density at radius 3 is 2.52 bits per heavy atom. The molecule has 1 aromatic carbocycles. The number of aliphatic hydroxyl groups is 1. The van der Waals surface area contributed by atoms with Gasteiger partial charge in [-0.1, -0.05) is 0 Å². The third-order valence-corrected chi connectivity index (χ3v) is 10.2. The lowest BCUT2D eigenvalue weighted by Gasteiger charge is -2.52. The van der Waals surface area contributed by atoms with Crippen LogP contribution < -0.4 is 5.73 Å². The summed E-state index contributed by atoms with van der Waals surface area (Å²) in [5.74, 6) is -10.4. The van der Waals surface area contributed by atoms with Gasteiger partial charge in [-0.3, -0.25) is 33.8 Å². The zero-order chi connectivity index (χ0) is 30.1. The Labute approximate surface area is 246 Å². The van der Waals surface area contributed by atoms with E-state index in [1.54, 1.807) is 14.1 Å².